The average Bonchev–Trinajstić information content (AvgIpc) is 3.30. The highest BCUT2D eigenvalue weighted by molar-refractivity contribution is 7.13. The van der Waals surface area contributed by atoms with E-state index in [4.69, 9.17) is 27.9 Å². The zero-order chi connectivity index (χ0) is 22.5. The van der Waals surface area contributed by atoms with Gasteiger partial charge in [-0.1, -0.05) is 53.5 Å². The Morgan fingerprint density at radius 1 is 1.00 bits per heavy atom. The van der Waals surface area contributed by atoms with Crippen molar-refractivity contribution in [1.82, 2.24) is 10.3 Å². The lowest BCUT2D eigenvalue weighted by Gasteiger charge is -2.08. The maximum absolute atomic E-state index is 13.0. The van der Waals surface area contributed by atoms with E-state index in [9.17, 15) is 9.18 Å². The number of thiazole rings is 1. The van der Waals surface area contributed by atoms with Crippen LogP contribution < -0.4 is 10.1 Å². The molecule has 0 spiro atoms. The van der Waals surface area contributed by atoms with Crippen LogP contribution in [0.1, 0.15) is 21.6 Å². The Morgan fingerprint density at radius 2 is 1.78 bits per heavy atom. The van der Waals surface area contributed by atoms with Crippen molar-refractivity contribution in [3.8, 4) is 16.3 Å². The second kappa shape index (κ2) is 10.1. The molecule has 0 aliphatic heterocycles. The molecule has 1 N–H and O–H groups in total. The minimum atomic E-state index is -0.313. The zero-order valence-corrected chi connectivity index (χ0v) is 19.0. The number of carbonyl (C=O) groups is 1. The SMILES string of the molecule is O=C(NCc1ccc(F)cc1)c1csc(-c2cccc(OCc3ccc(Cl)c(Cl)c3)c2)n1. The van der Waals surface area contributed by atoms with Crippen LogP contribution in [0.4, 0.5) is 4.39 Å². The van der Waals surface area contributed by atoms with Crippen LogP contribution >= 0.6 is 34.5 Å². The molecule has 162 valence electrons. The molecule has 1 aromatic heterocycles. The van der Waals surface area contributed by atoms with Gasteiger partial charge in [-0.15, -0.1) is 11.3 Å². The number of hydrogen-bond donors (Lipinski definition) is 1. The van der Waals surface area contributed by atoms with E-state index in [1.54, 1.807) is 29.6 Å². The number of hydrogen-bond acceptors (Lipinski definition) is 4. The highest BCUT2D eigenvalue weighted by Crippen LogP contribution is 2.28. The highest BCUT2D eigenvalue weighted by atomic mass is 35.5. The van der Waals surface area contributed by atoms with Crippen LogP contribution in [0.15, 0.2) is 72.1 Å². The quantitative estimate of drug-likeness (QED) is 0.313. The van der Waals surface area contributed by atoms with Gasteiger partial charge in [-0.25, -0.2) is 9.37 Å². The van der Waals surface area contributed by atoms with Gasteiger partial charge in [0.1, 0.15) is 28.9 Å². The first-order valence-corrected chi connectivity index (χ1v) is 11.3. The van der Waals surface area contributed by atoms with Crippen molar-refractivity contribution in [2.45, 2.75) is 13.2 Å². The molecule has 4 aromatic rings. The van der Waals surface area contributed by atoms with Crippen molar-refractivity contribution >= 4 is 40.4 Å². The van der Waals surface area contributed by atoms with Crippen molar-refractivity contribution in [2.75, 3.05) is 0 Å². The second-order valence-electron chi connectivity index (χ2n) is 6.91. The zero-order valence-electron chi connectivity index (χ0n) is 16.6. The Labute approximate surface area is 198 Å². The number of amides is 1. The van der Waals surface area contributed by atoms with Crippen LogP contribution in [-0.2, 0) is 13.2 Å². The fraction of sp³-hybridized carbons (Fsp3) is 0.0833. The average molecular weight is 487 g/mol. The molecule has 1 heterocycles. The minimum Gasteiger partial charge on any atom is -0.489 e. The van der Waals surface area contributed by atoms with Crippen molar-refractivity contribution < 1.29 is 13.9 Å². The Kier molecular flexibility index (Phi) is 7.05. The van der Waals surface area contributed by atoms with Gasteiger partial charge in [0.05, 0.1) is 10.0 Å². The molecule has 0 atom stereocenters. The first kappa shape index (κ1) is 22.3. The minimum absolute atomic E-state index is 0.288. The lowest BCUT2D eigenvalue weighted by Crippen LogP contribution is -2.23. The Bertz CT molecular complexity index is 1240. The van der Waals surface area contributed by atoms with Crippen LogP contribution in [0.2, 0.25) is 10.0 Å². The van der Waals surface area contributed by atoms with Crippen molar-refractivity contribution in [3.63, 3.8) is 0 Å². The van der Waals surface area contributed by atoms with Gasteiger partial charge in [0.2, 0.25) is 0 Å². The van der Waals surface area contributed by atoms with Crippen LogP contribution in [0.25, 0.3) is 10.6 Å². The lowest BCUT2D eigenvalue weighted by atomic mass is 10.2. The molecule has 8 heteroatoms. The third-order valence-corrected chi connectivity index (χ3v) is 6.20. The van der Waals surface area contributed by atoms with E-state index in [0.717, 1.165) is 16.7 Å². The van der Waals surface area contributed by atoms with E-state index in [-0.39, 0.29) is 11.7 Å². The number of nitrogens with zero attached hydrogens (tertiary/aromatic N) is 1. The molecule has 4 rings (SSSR count). The summed E-state index contributed by atoms with van der Waals surface area (Å²) in [5, 5.41) is 6.19. The third-order valence-electron chi connectivity index (χ3n) is 4.57. The molecule has 0 saturated carbocycles. The molecule has 3 aromatic carbocycles. The molecule has 0 aliphatic carbocycles. The summed E-state index contributed by atoms with van der Waals surface area (Å²) in [4.78, 5) is 16.9. The summed E-state index contributed by atoms with van der Waals surface area (Å²) in [6.07, 6.45) is 0. The van der Waals surface area contributed by atoms with Crippen LogP contribution in [0.3, 0.4) is 0 Å². The molecular formula is C24H17Cl2FN2O2S. The summed E-state index contributed by atoms with van der Waals surface area (Å²) >= 11 is 13.4. The topological polar surface area (TPSA) is 51.2 Å². The lowest BCUT2D eigenvalue weighted by molar-refractivity contribution is 0.0946. The van der Waals surface area contributed by atoms with Gasteiger partial charge in [0.25, 0.3) is 5.91 Å². The molecule has 0 bridgehead atoms. The molecule has 1 amide bonds. The molecule has 32 heavy (non-hydrogen) atoms. The smallest absolute Gasteiger partial charge is 0.271 e. The first-order chi connectivity index (χ1) is 15.5. The number of benzene rings is 3. The molecule has 0 radical (unpaired) electrons. The maximum atomic E-state index is 13.0. The van der Waals surface area contributed by atoms with Crippen molar-refractivity contribution in [1.29, 1.82) is 0 Å². The predicted octanol–water partition coefficient (Wildman–Crippen LogP) is 6.77. The largest absolute Gasteiger partial charge is 0.489 e. The third kappa shape index (κ3) is 5.65. The number of halogens is 3. The van der Waals surface area contributed by atoms with Gasteiger partial charge < -0.3 is 10.1 Å². The normalized spacial score (nSPS) is 10.7. The van der Waals surface area contributed by atoms with Gasteiger partial charge in [-0.05, 0) is 47.5 Å². The van der Waals surface area contributed by atoms with E-state index >= 15 is 0 Å². The Morgan fingerprint density at radius 3 is 2.56 bits per heavy atom. The first-order valence-electron chi connectivity index (χ1n) is 9.63. The summed E-state index contributed by atoms with van der Waals surface area (Å²) in [6.45, 7) is 0.638. The van der Waals surface area contributed by atoms with Crippen LogP contribution in [-0.4, -0.2) is 10.9 Å². The summed E-state index contributed by atoms with van der Waals surface area (Å²) in [5.74, 6) is 0.0716. The van der Waals surface area contributed by atoms with E-state index in [0.29, 0.717) is 39.6 Å². The Hall–Kier alpha value is -2.93. The van der Waals surface area contributed by atoms with Gasteiger partial charge in [0.15, 0.2) is 0 Å². The molecule has 4 nitrogen and oxygen atoms in total. The van der Waals surface area contributed by atoms with E-state index in [1.165, 1.54) is 23.5 Å². The number of ether oxygens (including phenoxy) is 1. The standard InChI is InChI=1S/C24H17Cl2FN2O2S/c25-20-9-6-16(10-21(20)26)13-31-19-3-1-2-17(11-19)24-29-22(14-32-24)23(30)28-12-15-4-7-18(27)8-5-15/h1-11,14H,12-13H2,(H,28,30). The molecule has 0 fully saturated rings. The summed E-state index contributed by atoms with van der Waals surface area (Å²) in [6, 6.07) is 18.8. The summed E-state index contributed by atoms with van der Waals surface area (Å²) in [7, 11) is 0. The maximum Gasteiger partial charge on any atom is 0.271 e. The fourth-order valence-electron chi connectivity index (χ4n) is 2.90. The number of carbonyl (C=O) groups excluding carboxylic acids is 1. The van der Waals surface area contributed by atoms with Crippen molar-refractivity contribution in [3.05, 3.63) is 105 Å². The Balaban J connectivity index is 1.39. The van der Waals surface area contributed by atoms with Crippen molar-refractivity contribution in [2.24, 2.45) is 0 Å². The van der Waals surface area contributed by atoms with Gasteiger partial charge in [0, 0.05) is 17.5 Å². The fourth-order valence-corrected chi connectivity index (χ4v) is 4.02. The molecule has 0 aliphatic rings. The second-order valence-corrected chi connectivity index (χ2v) is 8.58. The van der Waals surface area contributed by atoms with E-state index in [1.807, 2.05) is 30.3 Å². The number of nitrogens with one attached hydrogen (secondary N) is 1. The summed E-state index contributed by atoms with van der Waals surface area (Å²) in [5.41, 5.74) is 2.88. The molecular weight excluding hydrogens is 470 g/mol. The van der Waals surface area contributed by atoms with Crippen LogP contribution in [0, 0.1) is 5.82 Å². The summed E-state index contributed by atoms with van der Waals surface area (Å²) < 4.78 is 18.9. The van der Waals surface area contributed by atoms with E-state index in [2.05, 4.69) is 10.3 Å². The molecule has 0 unspecified atom stereocenters. The molecule has 0 saturated heterocycles. The van der Waals surface area contributed by atoms with Gasteiger partial charge >= 0.3 is 0 Å². The van der Waals surface area contributed by atoms with E-state index < -0.39 is 0 Å². The van der Waals surface area contributed by atoms with Gasteiger partial charge in [-0.2, -0.15) is 0 Å². The number of rotatable bonds is 7. The van der Waals surface area contributed by atoms with Crippen LogP contribution in [0.5, 0.6) is 5.75 Å². The number of aromatic nitrogens is 1. The predicted molar refractivity (Wildman–Crippen MR) is 126 cm³/mol. The van der Waals surface area contributed by atoms with Gasteiger partial charge in [-0.3, -0.25) is 4.79 Å². The highest BCUT2D eigenvalue weighted by Gasteiger charge is 2.12. The monoisotopic (exact) mass is 486 g/mol.